The number of rotatable bonds is 5. The predicted molar refractivity (Wildman–Crippen MR) is 69.2 cm³/mol. The Morgan fingerprint density at radius 2 is 2.12 bits per heavy atom. The molecule has 0 aliphatic heterocycles. The second-order valence-electron chi connectivity index (χ2n) is 4.46. The summed E-state index contributed by atoms with van der Waals surface area (Å²) in [4.78, 5) is 0. The fourth-order valence-corrected chi connectivity index (χ4v) is 1.49. The average molecular weight is 232 g/mol. The van der Waals surface area contributed by atoms with Crippen molar-refractivity contribution >= 4 is 0 Å². The summed E-state index contributed by atoms with van der Waals surface area (Å²) in [5.41, 5.74) is 2.35. The van der Waals surface area contributed by atoms with Crippen LogP contribution in [0.15, 0.2) is 18.2 Å². The van der Waals surface area contributed by atoms with Crippen LogP contribution in [0.5, 0.6) is 5.75 Å². The van der Waals surface area contributed by atoms with Gasteiger partial charge in [0.2, 0.25) is 0 Å². The van der Waals surface area contributed by atoms with Gasteiger partial charge in [-0.15, -0.1) is 0 Å². The zero-order valence-electron chi connectivity index (χ0n) is 10.9. The van der Waals surface area contributed by atoms with Gasteiger partial charge in [-0.3, -0.25) is 0 Å². The Morgan fingerprint density at radius 1 is 1.41 bits per heavy atom. The van der Waals surface area contributed by atoms with Crippen LogP contribution < -0.4 is 10.1 Å². The monoisotopic (exact) mass is 232 g/mol. The zero-order chi connectivity index (χ0) is 12.8. The van der Waals surface area contributed by atoms with E-state index in [4.69, 9.17) is 10.00 Å². The van der Waals surface area contributed by atoms with E-state index in [0.717, 1.165) is 11.3 Å². The van der Waals surface area contributed by atoms with E-state index < -0.39 is 0 Å². The number of hydrogen-bond acceptors (Lipinski definition) is 3. The first-order chi connectivity index (χ1) is 8.08. The summed E-state index contributed by atoms with van der Waals surface area (Å²) >= 11 is 0. The van der Waals surface area contributed by atoms with Crippen LogP contribution in [-0.2, 0) is 0 Å². The van der Waals surface area contributed by atoms with Crippen LogP contribution in [0, 0.1) is 18.3 Å². The first-order valence-electron chi connectivity index (χ1n) is 5.88. The van der Waals surface area contributed by atoms with Gasteiger partial charge in [0.1, 0.15) is 18.4 Å². The van der Waals surface area contributed by atoms with Crippen LogP contribution in [-0.4, -0.2) is 19.7 Å². The quantitative estimate of drug-likeness (QED) is 0.848. The summed E-state index contributed by atoms with van der Waals surface area (Å²) in [6.45, 7) is 6.69. The lowest BCUT2D eigenvalue weighted by Crippen LogP contribution is -2.30. The molecule has 1 unspecified atom stereocenters. The second-order valence-corrected chi connectivity index (χ2v) is 4.46. The van der Waals surface area contributed by atoms with Crippen LogP contribution >= 0.6 is 0 Å². The SMILES string of the molecule is CNC(C#N)COc1cc(C(C)C)ccc1C. The van der Waals surface area contributed by atoms with Gasteiger partial charge in [-0.2, -0.15) is 5.26 Å². The first kappa shape index (κ1) is 13.5. The van der Waals surface area contributed by atoms with Crippen molar-refractivity contribution in [2.45, 2.75) is 32.7 Å². The summed E-state index contributed by atoms with van der Waals surface area (Å²) < 4.78 is 5.69. The van der Waals surface area contributed by atoms with Crippen molar-refractivity contribution in [3.05, 3.63) is 29.3 Å². The summed E-state index contributed by atoms with van der Waals surface area (Å²) in [7, 11) is 1.76. The normalized spacial score (nSPS) is 12.2. The molecule has 3 nitrogen and oxygen atoms in total. The molecule has 0 heterocycles. The van der Waals surface area contributed by atoms with Gasteiger partial charge in [0.25, 0.3) is 0 Å². The molecule has 3 heteroatoms. The summed E-state index contributed by atoms with van der Waals surface area (Å²) in [6, 6.07) is 8.11. The van der Waals surface area contributed by atoms with Crippen LogP contribution in [0.25, 0.3) is 0 Å². The van der Waals surface area contributed by atoms with E-state index >= 15 is 0 Å². The Labute approximate surface area is 103 Å². The molecule has 1 rings (SSSR count). The topological polar surface area (TPSA) is 45.0 Å². The number of benzene rings is 1. The van der Waals surface area contributed by atoms with Crippen molar-refractivity contribution in [3.8, 4) is 11.8 Å². The third kappa shape index (κ3) is 3.76. The molecule has 0 fully saturated rings. The number of nitrogens with one attached hydrogen (secondary N) is 1. The van der Waals surface area contributed by atoms with Gasteiger partial charge in [0.05, 0.1) is 6.07 Å². The number of aryl methyl sites for hydroxylation is 1. The molecular formula is C14H20N2O. The van der Waals surface area contributed by atoms with Crippen LogP contribution in [0.3, 0.4) is 0 Å². The molecule has 0 amide bonds. The predicted octanol–water partition coefficient (Wildman–Crippen LogP) is 2.61. The molecule has 0 radical (unpaired) electrons. The molecule has 1 aromatic rings. The Hall–Kier alpha value is -1.53. The number of ether oxygens (including phenoxy) is 1. The third-order valence-electron chi connectivity index (χ3n) is 2.79. The van der Waals surface area contributed by atoms with Crippen molar-refractivity contribution in [1.29, 1.82) is 5.26 Å². The van der Waals surface area contributed by atoms with Crippen molar-refractivity contribution in [2.75, 3.05) is 13.7 Å². The number of hydrogen-bond donors (Lipinski definition) is 1. The third-order valence-corrected chi connectivity index (χ3v) is 2.79. The molecule has 0 bridgehead atoms. The van der Waals surface area contributed by atoms with Crippen LogP contribution in [0.1, 0.15) is 30.9 Å². The molecule has 1 aromatic carbocycles. The fourth-order valence-electron chi connectivity index (χ4n) is 1.49. The van der Waals surface area contributed by atoms with Gasteiger partial charge in [0.15, 0.2) is 0 Å². The van der Waals surface area contributed by atoms with Gasteiger partial charge in [-0.1, -0.05) is 26.0 Å². The van der Waals surface area contributed by atoms with Gasteiger partial charge < -0.3 is 10.1 Å². The Bertz CT molecular complexity index is 407. The Balaban J connectivity index is 2.76. The van der Waals surface area contributed by atoms with E-state index in [2.05, 4.69) is 43.4 Å². The molecule has 0 saturated heterocycles. The molecule has 1 N–H and O–H groups in total. The van der Waals surface area contributed by atoms with Gasteiger partial charge >= 0.3 is 0 Å². The molecule has 0 spiro atoms. The van der Waals surface area contributed by atoms with Crippen molar-refractivity contribution < 1.29 is 4.74 Å². The minimum absolute atomic E-state index is 0.267. The highest BCUT2D eigenvalue weighted by atomic mass is 16.5. The minimum atomic E-state index is -0.267. The molecule has 0 aromatic heterocycles. The van der Waals surface area contributed by atoms with Gasteiger partial charge in [0, 0.05) is 0 Å². The lowest BCUT2D eigenvalue weighted by Gasteiger charge is -2.14. The maximum atomic E-state index is 8.82. The van der Waals surface area contributed by atoms with Crippen LogP contribution in [0.4, 0.5) is 0 Å². The summed E-state index contributed by atoms with van der Waals surface area (Å²) in [5, 5.41) is 11.7. The number of nitrogens with zero attached hydrogens (tertiary/aromatic N) is 1. The largest absolute Gasteiger partial charge is 0.491 e. The molecule has 0 aliphatic rings. The minimum Gasteiger partial charge on any atom is -0.491 e. The molecule has 92 valence electrons. The van der Waals surface area contributed by atoms with E-state index in [1.54, 1.807) is 7.05 Å². The highest BCUT2D eigenvalue weighted by Gasteiger charge is 2.08. The lowest BCUT2D eigenvalue weighted by atomic mass is 10.0. The second kappa shape index (κ2) is 6.27. The smallest absolute Gasteiger partial charge is 0.129 e. The number of nitriles is 1. The lowest BCUT2D eigenvalue weighted by molar-refractivity contribution is 0.293. The van der Waals surface area contributed by atoms with Crippen molar-refractivity contribution in [1.82, 2.24) is 5.32 Å². The fraction of sp³-hybridized carbons (Fsp3) is 0.500. The van der Waals surface area contributed by atoms with Crippen molar-refractivity contribution in [2.24, 2.45) is 0 Å². The molecular weight excluding hydrogens is 212 g/mol. The Morgan fingerprint density at radius 3 is 2.65 bits per heavy atom. The highest BCUT2D eigenvalue weighted by molar-refractivity contribution is 5.37. The molecule has 17 heavy (non-hydrogen) atoms. The zero-order valence-corrected chi connectivity index (χ0v) is 10.9. The molecule has 1 atom stereocenters. The van der Waals surface area contributed by atoms with Crippen molar-refractivity contribution in [3.63, 3.8) is 0 Å². The first-order valence-corrected chi connectivity index (χ1v) is 5.88. The van der Waals surface area contributed by atoms with E-state index in [-0.39, 0.29) is 6.04 Å². The number of likely N-dealkylation sites (N-methyl/N-ethyl adjacent to an activating group) is 1. The van der Waals surface area contributed by atoms with E-state index in [1.165, 1.54) is 5.56 Å². The van der Waals surface area contributed by atoms with Gasteiger partial charge in [-0.05, 0) is 37.1 Å². The highest BCUT2D eigenvalue weighted by Crippen LogP contribution is 2.24. The Kier molecular flexibility index (Phi) is 4.99. The van der Waals surface area contributed by atoms with E-state index in [1.807, 2.05) is 6.92 Å². The maximum absolute atomic E-state index is 8.82. The standard InChI is InChI=1S/C14H20N2O/c1-10(2)12-6-5-11(3)14(7-12)17-9-13(8-15)16-4/h5-7,10,13,16H,9H2,1-4H3. The molecule has 0 aliphatic carbocycles. The van der Waals surface area contributed by atoms with Crippen LogP contribution in [0.2, 0.25) is 0 Å². The summed E-state index contributed by atoms with van der Waals surface area (Å²) in [6.07, 6.45) is 0. The average Bonchev–Trinajstić information content (AvgIpc) is 2.32. The van der Waals surface area contributed by atoms with E-state index in [0.29, 0.717) is 12.5 Å². The van der Waals surface area contributed by atoms with Gasteiger partial charge in [-0.25, -0.2) is 0 Å². The molecule has 0 saturated carbocycles. The maximum Gasteiger partial charge on any atom is 0.129 e. The van der Waals surface area contributed by atoms with E-state index in [9.17, 15) is 0 Å². The summed E-state index contributed by atoms with van der Waals surface area (Å²) in [5.74, 6) is 1.35.